The Morgan fingerprint density at radius 1 is 1.03 bits per heavy atom. The summed E-state index contributed by atoms with van der Waals surface area (Å²) in [5.41, 5.74) is 2.41. The first-order chi connectivity index (χ1) is 15.6. The number of thiazole rings is 1. The fourth-order valence-electron chi connectivity index (χ4n) is 2.77. The van der Waals surface area contributed by atoms with E-state index in [1.54, 1.807) is 6.08 Å². The topological polar surface area (TPSA) is 84.2 Å². The lowest BCUT2D eigenvalue weighted by molar-refractivity contribution is -0.112. The van der Waals surface area contributed by atoms with Crippen LogP contribution in [0.4, 0.5) is 5.13 Å². The number of carbonyl (C=O) groups is 1. The van der Waals surface area contributed by atoms with Gasteiger partial charge in [0.2, 0.25) is 0 Å². The lowest BCUT2D eigenvalue weighted by atomic mass is 10.1. The second kappa shape index (κ2) is 11.7. The normalized spacial score (nSPS) is 11.0. The molecule has 3 aromatic rings. The first-order valence-electron chi connectivity index (χ1n) is 10.5. The summed E-state index contributed by atoms with van der Waals surface area (Å²) >= 11 is 1.31. The molecule has 1 heterocycles. The number of benzene rings is 2. The van der Waals surface area contributed by atoms with E-state index in [-0.39, 0.29) is 5.57 Å². The molecule has 0 radical (unpaired) electrons. The van der Waals surface area contributed by atoms with E-state index in [1.165, 1.54) is 11.3 Å². The molecule has 7 heteroatoms. The lowest BCUT2D eigenvalue weighted by Crippen LogP contribution is -2.13. The summed E-state index contributed by atoms with van der Waals surface area (Å²) in [6.07, 6.45) is 3.43. The summed E-state index contributed by atoms with van der Waals surface area (Å²) in [5.74, 6) is 1.07. The first kappa shape index (κ1) is 23.0. The van der Waals surface area contributed by atoms with Gasteiger partial charge in [0.15, 0.2) is 5.13 Å². The molecule has 0 unspecified atom stereocenters. The Kier molecular flexibility index (Phi) is 8.41. The summed E-state index contributed by atoms with van der Waals surface area (Å²) in [6.45, 7) is 5.43. The van der Waals surface area contributed by atoms with Crippen molar-refractivity contribution in [1.82, 2.24) is 4.98 Å². The Hall–Kier alpha value is -3.63. The number of nitriles is 1. The molecule has 0 aliphatic heterocycles. The molecular formula is C25H25N3O3S. The van der Waals surface area contributed by atoms with Gasteiger partial charge in [-0.05, 0) is 60.9 Å². The highest BCUT2D eigenvalue weighted by atomic mass is 32.1. The Labute approximate surface area is 192 Å². The molecule has 164 valence electrons. The predicted octanol–water partition coefficient (Wildman–Crippen LogP) is 5.93. The first-order valence-corrected chi connectivity index (χ1v) is 11.4. The molecule has 32 heavy (non-hydrogen) atoms. The van der Waals surface area contributed by atoms with Crippen molar-refractivity contribution in [2.75, 3.05) is 18.5 Å². The van der Waals surface area contributed by atoms with Crippen LogP contribution in [0.1, 0.15) is 32.3 Å². The van der Waals surface area contributed by atoms with Gasteiger partial charge in [-0.15, -0.1) is 11.3 Å². The number of nitrogens with one attached hydrogen (secondary N) is 1. The standard InChI is InChI=1S/C25H25N3O3S/c1-3-13-30-21-9-5-18(6-10-21)15-20(16-26)24(29)28-25-27-23(17-32-25)19-7-11-22(12-8-19)31-14-4-2/h5-12,15,17H,3-4,13-14H2,1-2H3,(H,27,28,29). The monoisotopic (exact) mass is 447 g/mol. The van der Waals surface area contributed by atoms with Gasteiger partial charge in [-0.25, -0.2) is 4.98 Å². The van der Waals surface area contributed by atoms with E-state index in [9.17, 15) is 10.1 Å². The molecule has 0 atom stereocenters. The van der Waals surface area contributed by atoms with E-state index in [2.05, 4.69) is 17.2 Å². The minimum atomic E-state index is -0.497. The summed E-state index contributed by atoms with van der Waals surface area (Å²) in [7, 11) is 0. The van der Waals surface area contributed by atoms with Crippen LogP contribution in [0.25, 0.3) is 17.3 Å². The number of carbonyl (C=O) groups excluding carboxylic acids is 1. The Morgan fingerprint density at radius 3 is 2.19 bits per heavy atom. The van der Waals surface area contributed by atoms with Gasteiger partial charge in [0, 0.05) is 10.9 Å². The third-order valence-electron chi connectivity index (χ3n) is 4.38. The van der Waals surface area contributed by atoms with Crippen LogP contribution in [0.15, 0.2) is 59.5 Å². The van der Waals surface area contributed by atoms with Crippen LogP contribution in [-0.2, 0) is 4.79 Å². The van der Waals surface area contributed by atoms with Gasteiger partial charge in [0.25, 0.3) is 5.91 Å². The second-order valence-electron chi connectivity index (χ2n) is 6.95. The van der Waals surface area contributed by atoms with Gasteiger partial charge in [0.1, 0.15) is 23.1 Å². The van der Waals surface area contributed by atoms with Crippen LogP contribution < -0.4 is 14.8 Å². The highest BCUT2D eigenvalue weighted by Crippen LogP contribution is 2.27. The highest BCUT2D eigenvalue weighted by molar-refractivity contribution is 7.14. The molecule has 0 fully saturated rings. The number of nitrogens with zero attached hydrogens (tertiary/aromatic N) is 2. The van der Waals surface area contributed by atoms with Crippen LogP contribution >= 0.6 is 11.3 Å². The largest absolute Gasteiger partial charge is 0.494 e. The SMILES string of the molecule is CCCOc1ccc(C=C(C#N)C(=O)Nc2nc(-c3ccc(OCCC)cc3)cs2)cc1. The van der Waals surface area contributed by atoms with E-state index in [4.69, 9.17) is 9.47 Å². The Balaban J connectivity index is 1.65. The van der Waals surface area contributed by atoms with Crippen molar-refractivity contribution in [3.05, 3.63) is 65.0 Å². The number of rotatable bonds is 10. The third kappa shape index (κ3) is 6.43. The number of aromatic nitrogens is 1. The summed E-state index contributed by atoms with van der Waals surface area (Å²) in [6, 6.07) is 16.9. The van der Waals surface area contributed by atoms with Gasteiger partial charge >= 0.3 is 0 Å². The van der Waals surface area contributed by atoms with Crippen molar-refractivity contribution in [1.29, 1.82) is 5.26 Å². The minimum Gasteiger partial charge on any atom is -0.494 e. The van der Waals surface area contributed by atoms with Crippen LogP contribution in [0.5, 0.6) is 11.5 Å². The van der Waals surface area contributed by atoms with Gasteiger partial charge in [-0.3, -0.25) is 10.1 Å². The van der Waals surface area contributed by atoms with E-state index >= 15 is 0 Å². The number of amides is 1. The number of anilines is 1. The minimum absolute atomic E-state index is 0.00130. The fraction of sp³-hybridized carbons (Fsp3) is 0.240. The Bertz CT molecular complexity index is 1100. The van der Waals surface area contributed by atoms with Crippen molar-refractivity contribution >= 4 is 28.5 Å². The molecule has 6 nitrogen and oxygen atoms in total. The quantitative estimate of drug-likeness (QED) is 0.307. The Morgan fingerprint density at radius 2 is 1.62 bits per heavy atom. The maximum absolute atomic E-state index is 12.6. The summed E-state index contributed by atoms with van der Waals surface area (Å²) in [5, 5.41) is 14.4. The maximum atomic E-state index is 12.6. The van der Waals surface area contributed by atoms with Crippen LogP contribution in [0, 0.1) is 11.3 Å². The summed E-state index contributed by atoms with van der Waals surface area (Å²) in [4.78, 5) is 17.0. The van der Waals surface area contributed by atoms with Crippen LogP contribution in [0.2, 0.25) is 0 Å². The van der Waals surface area contributed by atoms with E-state index < -0.39 is 5.91 Å². The lowest BCUT2D eigenvalue weighted by Gasteiger charge is -2.05. The van der Waals surface area contributed by atoms with Gasteiger partial charge in [0.05, 0.1) is 18.9 Å². The molecule has 0 bridgehead atoms. The number of hydrogen-bond donors (Lipinski definition) is 1. The zero-order valence-electron chi connectivity index (χ0n) is 18.1. The van der Waals surface area contributed by atoms with Gasteiger partial charge < -0.3 is 9.47 Å². The molecule has 0 aliphatic rings. The van der Waals surface area contributed by atoms with Crippen molar-refractivity contribution in [3.63, 3.8) is 0 Å². The molecule has 0 aliphatic carbocycles. The number of ether oxygens (including phenoxy) is 2. The molecule has 0 saturated heterocycles. The van der Waals surface area contributed by atoms with Crippen molar-refractivity contribution in [3.8, 4) is 28.8 Å². The third-order valence-corrected chi connectivity index (χ3v) is 5.13. The van der Waals surface area contributed by atoms with E-state index in [1.807, 2.05) is 66.9 Å². The average molecular weight is 448 g/mol. The molecule has 3 rings (SSSR count). The molecule has 1 N–H and O–H groups in total. The van der Waals surface area contributed by atoms with Crippen molar-refractivity contribution < 1.29 is 14.3 Å². The number of hydrogen-bond acceptors (Lipinski definition) is 6. The van der Waals surface area contributed by atoms with Crippen LogP contribution in [-0.4, -0.2) is 24.1 Å². The average Bonchev–Trinajstić information content (AvgIpc) is 3.29. The molecule has 0 saturated carbocycles. The molecular weight excluding hydrogens is 422 g/mol. The molecule has 1 amide bonds. The maximum Gasteiger partial charge on any atom is 0.268 e. The second-order valence-corrected chi connectivity index (χ2v) is 7.81. The molecule has 2 aromatic carbocycles. The van der Waals surface area contributed by atoms with E-state index in [0.29, 0.717) is 18.3 Å². The van der Waals surface area contributed by atoms with Gasteiger partial charge in [-0.2, -0.15) is 5.26 Å². The van der Waals surface area contributed by atoms with Gasteiger partial charge in [-0.1, -0.05) is 26.0 Å². The smallest absolute Gasteiger partial charge is 0.268 e. The molecule has 0 spiro atoms. The zero-order chi connectivity index (χ0) is 22.8. The van der Waals surface area contributed by atoms with E-state index in [0.717, 1.165) is 41.2 Å². The van der Waals surface area contributed by atoms with Crippen molar-refractivity contribution in [2.45, 2.75) is 26.7 Å². The van der Waals surface area contributed by atoms with Crippen LogP contribution in [0.3, 0.4) is 0 Å². The fourth-order valence-corrected chi connectivity index (χ4v) is 3.48. The zero-order valence-corrected chi connectivity index (χ0v) is 18.9. The van der Waals surface area contributed by atoms with Crippen molar-refractivity contribution in [2.24, 2.45) is 0 Å². The summed E-state index contributed by atoms with van der Waals surface area (Å²) < 4.78 is 11.1. The highest BCUT2D eigenvalue weighted by Gasteiger charge is 2.13. The predicted molar refractivity (Wildman–Crippen MR) is 128 cm³/mol. The molecule has 1 aromatic heterocycles.